The highest BCUT2D eigenvalue weighted by Gasteiger charge is 2.32. The normalized spacial score (nSPS) is 14.8. The van der Waals surface area contributed by atoms with E-state index in [0.717, 1.165) is 11.1 Å². The van der Waals surface area contributed by atoms with E-state index in [-0.39, 0.29) is 17.9 Å². The first-order chi connectivity index (χ1) is 16.4. The van der Waals surface area contributed by atoms with Crippen LogP contribution in [0.1, 0.15) is 29.0 Å². The number of ether oxygens (including phenoxy) is 2. The van der Waals surface area contributed by atoms with E-state index in [9.17, 15) is 9.59 Å². The molecule has 7 nitrogen and oxygen atoms in total. The van der Waals surface area contributed by atoms with Crippen LogP contribution in [0.15, 0.2) is 65.1 Å². The van der Waals surface area contributed by atoms with Gasteiger partial charge in [-0.3, -0.25) is 9.59 Å². The molecule has 0 saturated heterocycles. The third kappa shape index (κ3) is 4.98. The Morgan fingerprint density at radius 2 is 2.00 bits per heavy atom. The number of rotatable bonds is 8. The van der Waals surface area contributed by atoms with Crippen LogP contribution >= 0.6 is 23.4 Å². The van der Waals surface area contributed by atoms with Gasteiger partial charge in [-0.25, -0.2) is 0 Å². The summed E-state index contributed by atoms with van der Waals surface area (Å²) in [5, 5.41) is 4.05. The summed E-state index contributed by atoms with van der Waals surface area (Å²) in [7, 11) is 3.34. The lowest BCUT2D eigenvalue weighted by atomic mass is 9.86. The van der Waals surface area contributed by atoms with Crippen molar-refractivity contribution in [3.05, 3.63) is 87.2 Å². The highest BCUT2D eigenvalue weighted by Crippen LogP contribution is 2.39. The van der Waals surface area contributed by atoms with Crippen LogP contribution in [-0.4, -0.2) is 29.2 Å². The fraction of sp³-hybridized carbons (Fsp3) is 0.240. The number of benzene rings is 2. The van der Waals surface area contributed by atoms with E-state index in [1.165, 1.54) is 11.8 Å². The first-order valence-electron chi connectivity index (χ1n) is 10.6. The van der Waals surface area contributed by atoms with Crippen molar-refractivity contribution in [3.8, 4) is 11.5 Å². The largest absolute Gasteiger partial charge is 0.493 e. The van der Waals surface area contributed by atoms with Gasteiger partial charge in [0.1, 0.15) is 12.4 Å². The molecule has 9 heteroatoms. The van der Waals surface area contributed by atoms with Gasteiger partial charge in [-0.15, -0.1) is 0 Å². The maximum absolute atomic E-state index is 13.2. The van der Waals surface area contributed by atoms with Gasteiger partial charge in [-0.2, -0.15) is 4.98 Å². The zero-order chi connectivity index (χ0) is 24.2. The maximum Gasteiger partial charge on any atom is 0.279 e. The number of aromatic nitrogens is 2. The molecular weight excluding hydrogens is 474 g/mol. The average Bonchev–Trinajstić information content (AvgIpc) is 2.84. The Morgan fingerprint density at radius 1 is 1.24 bits per heavy atom. The van der Waals surface area contributed by atoms with Gasteiger partial charge in [0.05, 0.1) is 12.7 Å². The van der Waals surface area contributed by atoms with Crippen molar-refractivity contribution in [1.82, 2.24) is 9.55 Å². The van der Waals surface area contributed by atoms with Gasteiger partial charge < -0.3 is 19.4 Å². The van der Waals surface area contributed by atoms with Gasteiger partial charge in [0.2, 0.25) is 5.91 Å². The van der Waals surface area contributed by atoms with E-state index in [4.69, 9.17) is 21.1 Å². The molecule has 1 aliphatic rings. The third-order valence-corrected chi connectivity index (χ3v) is 6.88. The molecule has 1 aliphatic heterocycles. The maximum atomic E-state index is 13.2. The molecule has 4 rings (SSSR count). The van der Waals surface area contributed by atoms with Gasteiger partial charge in [-0.1, -0.05) is 54.2 Å². The topological polar surface area (TPSA) is 82.5 Å². The van der Waals surface area contributed by atoms with E-state index in [1.54, 1.807) is 36.9 Å². The molecule has 1 amide bonds. The van der Waals surface area contributed by atoms with Crippen molar-refractivity contribution in [2.45, 2.75) is 23.2 Å². The van der Waals surface area contributed by atoms with Crippen LogP contribution in [-0.2, 0) is 17.6 Å². The highest BCUT2D eigenvalue weighted by molar-refractivity contribution is 7.98. The summed E-state index contributed by atoms with van der Waals surface area (Å²) in [4.78, 5) is 30.1. The lowest BCUT2D eigenvalue weighted by Crippen LogP contribution is -2.33. The second kappa shape index (κ2) is 10.4. The van der Waals surface area contributed by atoms with Crippen LogP contribution in [0.3, 0.4) is 0 Å². The summed E-state index contributed by atoms with van der Waals surface area (Å²) in [6, 6.07) is 12.9. The molecule has 34 heavy (non-hydrogen) atoms. The Balaban J connectivity index is 1.68. The van der Waals surface area contributed by atoms with E-state index in [0.29, 0.717) is 45.4 Å². The molecule has 0 radical (unpaired) electrons. The Kier molecular flexibility index (Phi) is 7.29. The second-order valence-corrected chi connectivity index (χ2v) is 9.13. The quantitative estimate of drug-likeness (QED) is 0.274. The molecular formula is C25H24ClN3O4S. The summed E-state index contributed by atoms with van der Waals surface area (Å²) in [5.74, 6) is 1.53. The molecule has 176 valence electrons. The fourth-order valence-electron chi connectivity index (χ4n) is 3.85. The van der Waals surface area contributed by atoms with Crippen molar-refractivity contribution in [2.75, 3.05) is 19.0 Å². The van der Waals surface area contributed by atoms with Gasteiger partial charge in [0, 0.05) is 30.2 Å². The van der Waals surface area contributed by atoms with Crippen LogP contribution in [0, 0.1) is 0 Å². The number of halogens is 1. The van der Waals surface area contributed by atoms with Crippen LogP contribution in [0.4, 0.5) is 5.82 Å². The number of hydrogen-bond donors (Lipinski definition) is 1. The number of nitrogens with one attached hydrogen (secondary N) is 1. The van der Waals surface area contributed by atoms with Crippen LogP contribution in [0.25, 0.3) is 0 Å². The number of amides is 1. The molecule has 0 bridgehead atoms. The predicted octanol–water partition coefficient (Wildman–Crippen LogP) is 4.77. The number of methoxy groups -OCH3 is 1. The number of nitrogens with zero attached hydrogens (tertiary/aromatic N) is 2. The minimum atomic E-state index is -0.451. The highest BCUT2D eigenvalue weighted by atomic mass is 35.5. The summed E-state index contributed by atoms with van der Waals surface area (Å²) >= 11 is 7.38. The minimum absolute atomic E-state index is 0.136. The minimum Gasteiger partial charge on any atom is -0.493 e. The smallest absolute Gasteiger partial charge is 0.279 e. The number of carbonyl (C=O) groups is 1. The molecule has 1 aromatic heterocycles. The lowest BCUT2D eigenvalue weighted by molar-refractivity contribution is -0.116. The van der Waals surface area contributed by atoms with Gasteiger partial charge in [0.15, 0.2) is 16.7 Å². The van der Waals surface area contributed by atoms with E-state index in [1.807, 2.05) is 30.3 Å². The lowest BCUT2D eigenvalue weighted by Gasteiger charge is -2.28. The Bertz CT molecular complexity index is 1290. The Morgan fingerprint density at radius 3 is 2.71 bits per heavy atom. The Hall–Kier alpha value is -3.23. The fourth-order valence-corrected chi connectivity index (χ4v) is 4.89. The zero-order valence-electron chi connectivity index (χ0n) is 18.8. The number of hydrogen-bond acceptors (Lipinski definition) is 6. The number of thioether (sulfide) groups is 1. The van der Waals surface area contributed by atoms with Gasteiger partial charge in [0.25, 0.3) is 5.56 Å². The standard InChI is InChI=1S/C25H24ClN3O4S/c1-4-11-33-19-10-7-16(12-20(19)32-3)18-13-21(30)27-23-22(18)24(31)28-25(29(23)2)34-14-15-5-8-17(26)9-6-15/h4-10,12,18H,1,11,13-14H2,2-3H3,(H,27,30)/t18-/m0/s1. The third-order valence-electron chi connectivity index (χ3n) is 5.53. The van der Waals surface area contributed by atoms with Gasteiger partial charge >= 0.3 is 0 Å². The van der Waals surface area contributed by atoms with Gasteiger partial charge in [-0.05, 0) is 35.4 Å². The molecule has 3 aromatic rings. The van der Waals surface area contributed by atoms with E-state index >= 15 is 0 Å². The van der Waals surface area contributed by atoms with Crippen molar-refractivity contribution < 1.29 is 14.3 Å². The summed E-state index contributed by atoms with van der Waals surface area (Å²) in [6.45, 7) is 3.99. The van der Waals surface area contributed by atoms with Crippen LogP contribution < -0.4 is 20.3 Å². The molecule has 1 N–H and O–H groups in total. The molecule has 2 heterocycles. The molecule has 0 unspecified atom stereocenters. The SMILES string of the molecule is C=CCOc1ccc([C@@H]2CC(=O)Nc3c2c(=O)nc(SCc2ccc(Cl)cc2)n3C)cc1OC. The van der Waals surface area contributed by atoms with Crippen LogP contribution in [0.2, 0.25) is 5.02 Å². The van der Waals surface area contributed by atoms with Crippen molar-refractivity contribution in [1.29, 1.82) is 0 Å². The summed E-state index contributed by atoms with van der Waals surface area (Å²) in [6.07, 6.45) is 1.78. The van der Waals surface area contributed by atoms with E-state index in [2.05, 4.69) is 16.9 Å². The average molecular weight is 498 g/mol. The molecule has 1 atom stereocenters. The molecule has 0 spiro atoms. The molecule has 0 saturated carbocycles. The molecule has 0 aliphatic carbocycles. The van der Waals surface area contributed by atoms with Crippen molar-refractivity contribution in [3.63, 3.8) is 0 Å². The predicted molar refractivity (Wildman–Crippen MR) is 134 cm³/mol. The zero-order valence-corrected chi connectivity index (χ0v) is 20.4. The Labute approximate surface area is 206 Å². The second-order valence-electron chi connectivity index (χ2n) is 7.75. The number of anilines is 1. The molecule has 0 fully saturated rings. The first kappa shape index (κ1) is 23.9. The van der Waals surface area contributed by atoms with Crippen molar-refractivity contribution >= 4 is 35.1 Å². The monoisotopic (exact) mass is 497 g/mol. The van der Waals surface area contributed by atoms with E-state index < -0.39 is 5.92 Å². The van der Waals surface area contributed by atoms with Crippen LogP contribution in [0.5, 0.6) is 11.5 Å². The van der Waals surface area contributed by atoms with Crippen molar-refractivity contribution in [2.24, 2.45) is 7.05 Å². The molecule has 2 aromatic carbocycles. The summed E-state index contributed by atoms with van der Waals surface area (Å²) in [5.41, 5.74) is 1.93. The number of carbonyl (C=O) groups excluding carboxylic acids is 1. The summed E-state index contributed by atoms with van der Waals surface area (Å²) < 4.78 is 12.9. The number of fused-ring (bicyclic) bond motifs is 1. The first-order valence-corrected chi connectivity index (χ1v) is 12.0.